The Morgan fingerprint density at radius 2 is 1.82 bits per heavy atom. The second-order valence-electron chi connectivity index (χ2n) is 7.41. The Morgan fingerprint density at radius 3 is 2.61 bits per heavy atom. The highest BCUT2D eigenvalue weighted by Crippen LogP contribution is 2.23. The Morgan fingerprint density at radius 1 is 0.970 bits per heavy atom. The van der Waals surface area contributed by atoms with E-state index in [1.165, 1.54) is 0 Å². The molecule has 0 aliphatic heterocycles. The standard InChI is InChI=1S/C25H20N6O2/c1-33-21-9-7-17(8-10-21)14-24(32)27-20-6-2-4-18(15-20)22-11-12-23-28-29-25(31(23)30-22)19-5-3-13-26-16-19/h2-13,15-16H,14H2,1H3,(H,27,32). The average Bonchev–Trinajstić information content (AvgIpc) is 3.28. The second kappa shape index (κ2) is 8.88. The van der Waals surface area contributed by atoms with Gasteiger partial charge in [0.05, 0.1) is 19.2 Å². The maximum atomic E-state index is 12.5. The van der Waals surface area contributed by atoms with Crippen LogP contribution in [-0.4, -0.2) is 37.8 Å². The van der Waals surface area contributed by atoms with Crippen LogP contribution in [0.2, 0.25) is 0 Å². The van der Waals surface area contributed by atoms with E-state index in [1.807, 2.05) is 72.8 Å². The van der Waals surface area contributed by atoms with Crippen molar-refractivity contribution in [2.24, 2.45) is 0 Å². The van der Waals surface area contributed by atoms with E-state index in [4.69, 9.17) is 9.84 Å². The number of carbonyl (C=O) groups is 1. The van der Waals surface area contributed by atoms with Gasteiger partial charge in [0.15, 0.2) is 11.5 Å². The van der Waals surface area contributed by atoms with Crippen LogP contribution in [0, 0.1) is 0 Å². The number of nitrogens with zero attached hydrogens (tertiary/aromatic N) is 5. The van der Waals surface area contributed by atoms with E-state index in [-0.39, 0.29) is 12.3 Å². The summed E-state index contributed by atoms with van der Waals surface area (Å²) >= 11 is 0. The number of rotatable bonds is 6. The highest BCUT2D eigenvalue weighted by Gasteiger charge is 2.12. The van der Waals surface area contributed by atoms with Crippen molar-refractivity contribution in [2.75, 3.05) is 12.4 Å². The van der Waals surface area contributed by atoms with Crippen LogP contribution in [0.4, 0.5) is 5.69 Å². The van der Waals surface area contributed by atoms with Crippen molar-refractivity contribution in [1.82, 2.24) is 24.8 Å². The monoisotopic (exact) mass is 436 g/mol. The molecule has 5 rings (SSSR count). The summed E-state index contributed by atoms with van der Waals surface area (Å²) < 4.78 is 6.86. The first-order valence-corrected chi connectivity index (χ1v) is 10.4. The van der Waals surface area contributed by atoms with Crippen LogP contribution in [0.25, 0.3) is 28.3 Å². The number of carbonyl (C=O) groups excluding carboxylic acids is 1. The Bertz CT molecular complexity index is 1410. The molecule has 33 heavy (non-hydrogen) atoms. The van der Waals surface area contributed by atoms with Gasteiger partial charge in [0.25, 0.3) is 0 Å². The number of nitrogens with one attached hydrogen (secondary N) is 1. The van der Waals surface area contributed by atoms with Gasteiger partial charge >= 0.3 is 0 Å². The number of methoxy groups -OCH3 is 1. The molecule has 0 spiro atoms. The van der Waals surface area contributed by atoms with Crippen molar-refractivity contribution < 1.29 is 9.53 Å². The lowest BCUT2D eigenvalue weighted by Gasteiger charge is -2.08. The van der Waals surface area contributed by atoms with Gasteiger partial charge in [-0.25, -0.2) is 0 Å². The molecule has 1 N–H and O–H groups in total. The van der Waals surface area contributed by atoms with E-state index in [0.717, 1.165) is 28.1 Å². The van der Waals surface area contributed by atoms with Gasteiger partial charge in [0.2, 0.25) is 5.91 Å². The molecule has 0 atom stereocenters. The predicted molar refractivity (Wildman–Crippen MR) is 125 cm³/mol. The van der Waals surface area contributed by atoms with E-state index in [1.54, 1.807) is 24.0 Å². The molecule has 0 radical (unpaired) electrons. The van der Waals surface area contributed by atoms with Crippen molar-refractivity contribution in [1.29, 1.82) is 0 Å². The van der Waals surface area contributed by atoms with Gasteiger partial charge in [-0.3, -0.25) is 9.78 Å². The second-order valence-corrected chi connectivity index (χ2v) is 7.41. The highest BCUT2D eigenvalue weighted by molar-refractivity contribution is 5.92. The maximum Gasteiger partial charge on any atom is 0.228 e. The zero-order chi connectivity index (χ0) is 22.6. The zero-order valence-corrected chi connectivity index (χ0v) is 17.8. The number of aromatic nitrogens is 5. The summed E-state index contributed by atoms with van der Waals surface area (Å²) in [6.45, 7) is 0. The number of ether oxygens (including phenoxy) is 1. The Balaban J connectivity index is 1.37. The first-order chi connectivity index (χ1) is 16.2. The molecule has 1 amide bonds. The van der Waals surface area contributed by atoms with Gasteiger partial charge in [-0.1, -0.05) is 24.3 Å². The first kappa shape index (κ1) is 20.3. The van der Waals surface area contributed by atoms with Crippen LogP contribution < -0.4 is 10.1 Å². The quantitative estimate of drug-likeness (QED) is 0.432. The molecule has 162 valence electrons. The van der Waals surface area contributed by atoms with E-state index in [2.05, 4.69) is 20.5 Å². The number of anilines is 1. The number of benzene rings is 2. The van der Waals surface area contributed by atoms with Gasteiger partial charge in [-0.15, -0.1) is 10.2 Å². The molecular weight excluding hydrogens is 416 g/mol. The van der Waals surface area contributed by atoms with Crippen LogP contribution >= 0.6 is 0 Å². The van der Waals surface area contributed by atoms with Crippen molar-refractivity contribution in [3.63, 3.8) is 0 Å². The fourth-order valence-corrected chi connectivity index (χ4v) is 3.51. The minimum atomic E-state index is -0.0987. The smallest absolute Gasteiger partial charge is 0.228 e. The number of pyridine rings is 1. The molecule has 0 unspecified atom stereocenters. The molecule has 0 aliphatic carbocycles. The minimum absolute atomic E-state index is 0.0987. The Kier molecular flexibility index (Phi) is 5.47. The predicted octanol–water partition coefficient (Wildman–Crippen LogP) is 4.04. The fourth-order valence-electron chi connectivity index (χ4n) is 3.51. The summed E-state index contributed by atoms with van der Waals surface area (Å²) in [5.41, 5.74) is 4.68. The van der Waals surface area contributed by atoms with E-state index in [9.17, 15) is 4.79 Å². The number of hydrogen-bond donors (Lipinski definition) is 1. The number of hydrogen-bond acceptors (Lipinski definition) is 6. The summed E-state index contributed by atoms with van der Waals surface area (Å²) in [7, 11) is 1.62. The van der Waals surface area contributed by atoms with Gasteiger partial charge in [0.1, 0.15) is 5.75 Å². The third-order valence-electron chi connectivity index (χ3n) is 5.15. The summed E-state index contributed by atoms with van der Waals surface area (Å²) in [5, 5.41) is 16.1. The number of amides is 1. The Hall–Kier alpha value is -4.59. The van der Waals surface area contributed by atoms with Gasteiger partial charge in [-0.05, 0) is 54.1 Å². The first-order valence-electron chi connectivity index (χ1n) is 10.4. The van der Waals surface area contributed by atoms with Crippen molar-refractivity contribution in [3.8, 4) is 28.4 Å². The average molecular weight is 436 g/mol. The van der Waals surface area contributed by atoms with Crippen LogP contribution in [0.5, 0.6) is 5.75 Å². The van der Waals surface area contributed by atoms with E-state index < -0.39 is 0 Å². The van der Waals surface area contributed by atoms with Crippen molar-refractivity contribution >= 4 is 17.2 Å². The maximum absolute atomic E-state index is 12.5. The SMILES string of the molecule is COc1ccc(CC(=O)Nc2cccc(-c3ccc4nnc(-c5cccnc5)n4n3)c2)cc1. The van der Waals surface area contributed by atoms with Gasteiger partial charge < -0.3 is 10.1 Å². The van der Waals surface area contributed by atoms with Crippen LogP contribution in [0.15, 0.2) is 85.2 Å². The molecule has 0 aliphatic rings. The molecular formula is C25H20N6O2. The topological polar surface area (TPSA) is 94.3 Å². The molecule has 0 saturated carbocycles. The molecule has 0 bridgehead atoms. The third kappa shape index (κ3) is 4.40. The van der Waals surface area contributed by atoms with Crippen LogP contribution in [-0.2, 0) is 11.2 Å². The molecule has 8 heteroatoms. The summed E-state index contributed by atoms with van der Waals surface area (Å²) in [4.78, 5) is 16.7. The van der Waals surface area contributed by atoms with E-state index >= 15 is 0 Å². The number of fused-ring (bicyclic) bond motifs is 1. The highest BCUT2D eigenvalue weighted by atomic mass is 16.5. The molecule has 3 heterocycles. The third-order valence-corrected chi connectivity index (χ3v) is 5.15. The zero-order valence-electron chi connectivity index (χ0n) is 17.8. The van der Waals surface area contributed by atoms with Gasteiger partial charge in [0, 0.05) is 29.2 Å². The Labute approximate surface area is 189 Å². The molecule has 0 saturated heterocycles. The lowest BCUT2D eigenvalue weighted by molar-refractivity contribution is -0.115. The normalized spacial score (nSPS) is 10.8. The summed E-state index contributed by atoms with van der Waals surface area (Å²) in [5.74, 6) is 1.28. The summed E-state index contributed by atoms with van der Waals surface area (Å²) in [6.07, 6.45) is 3.71. The van der Waals surface area contributed by atoms with Gasteiger partial charge in [-0.2, -0.15) is 9.61 Å². The van der Waals surface area contributed by atoms with Crippen LogP contribution in [0.1, 0.15) is 5.56 Å². The van der Waals surface area contributed by atoms with Crippen LogP contribution in [0.3, 0.4) is 0 Å². The molecule has 5 aromatic rings. The fraction of sp³-hybridized carbons (Fsp3) is 0.0800. The van der Waals surface area contributed by atoms with Crippen molar-refractivity contribution in [3.05, 3.63) is 90.8 Å². The summed E-state index contributed by atoms with van der Waals surface area (Å²) in [6, 6.07) is 22.5. The minimum Gasteiger partial charge on any atom is -0.497 e. The largest absolute Gasteiger partial charge is 0.497 e. The van der Waals surface area contributed by atoms with Crippen molar-refractivity contribution in [2.45, 2.75) is 6.42 Å². The lowest BCUT2D eigenvalue weighted by atomic mass is 10.1. The lowest BCUT2D eigenvalue weighted by Crippen LogP contribution is -2.14. The molecule has 2 aromatic carbocycles. The molecule has 0 fully saturated rings. The molecule has 3 aromatic heterocycles. The van der Waals surface area contributed by atoms with E-state index in [0.29, 0.717) is 17.2 Å². The molecule has 8 nitrogen and oxygen atoms in total.